The molecule has 2 aromatic heterocycles. The van der Waals surface area contributed by atoms with Crippen molar-refractivity contribution in [1.29, 1.82) is 0 Å². The molecule has 3 rings (SSSR count). The molecule has 0 spiro atoms. The molecule has 1 aliphatic heterocycles. The molecule has 2 N–H and O–H groups in total. The van der Waals surface area contributed by atoms with Crippen LogP contribution in [0.1, 0.15) is 44.0 Å². The van der Waals surface area contributed by atoms with E-state index in [4.69, 9.17) is 4.74 Å². The van der Waals surface area contributed by atoms with Crippen molar-refractivity contribution in [2.24, 2.45) is 0 Å². The van der Waals surface area contributed by atoms with E-state index in [-0.39, 0.29) is 11.9 Å². The summed E-state index contributed by atoms with van der Waals surface area (Å²) in [7, 11) is 0. The Morgan fingerprint density at radius 2 is 2.12 bits per heavy atom. The van der Waals surface area contributed by atoms with Gasteiger partial charge in [-0.15, -0.1) is 0 Å². The highest BCUT2D eigenvalue weighted by molar-refractivity contribution is 6.06. The van der Waals surface area contributed by atoms with Crippen molar-refractivity contribution in [2.45, 2.75) is 52.2 Å². The van der Waals surface area contributed by atoms with Gasteiger partial charge in [0, 0.05) is 38.0 Å². The molecule has 0 unspecified atom stereocenters. The zero-order valence-corrected chi connectivity index (χ0v) is 14.5. The Kier molecular flexibility index (Phi) is 4.99. The van der Waals surface area contributed by atoms with E-state index in [1.54, 1.807) is 12.4 Å². The first-order chi connectivity index (χ1) is 11.6. The fraction of sp³-hybridized carbons (Fsp3) is 0.588. The highest BCUT2D eigenvalue weighted by Crippen LogP contribution is 2.28. The molecular weight excluding hydrogens is 306 g/mol. The van der Waals surface area contributed by atoms with E-state index in [9.17, 15) is 4.79 Å². The zero-order chi connectivity index (χ0) is 17.1. The molecule has 24 heavy (non-hydrogen) atoms. The van der Waals surface area contributed by atoms with Crippen molar-refractivity contribution >= 4 is 22.6 Å². The van der Waals surface area contributed by atoms with Crippen LogP contribution in [0.15, 0.2) is 12.4 Å². The van der Waals surface area contributed by atoms with Crippen LogP contribution in [0.5, 0.6) is 0 Å². The van der Waals surface area contributed by atoms with Crippen molar-refractivity contribution in [3.63, 3.8) is 0 Å². The van der Waals surface area contributed by atoms with Crippen molar-refractivity contribution in [3.8, 4) is 0 Å². The van der Waals surface area contributed by atoms with Crippen molar-refractivity contribution in [1.82, 2.24) is 20.1 Å². The summed E-state index contributed by atoms with van der Waals surface area (Å²) in [6, 6.07) is 0.363. The SMILES string of the molecule is CCn1ncc2c(NC3CCOCC3)c(C(=O)NC(C)C)cnc21. The minimum atomic E-state index is -0.113. The molecule has 0 aliphatic carbocycles. The van der Waals surface area contributed by atoms with Gasteiger partial charge in [0.1, 0.15) is 0 Å². The molecule has 1 aliphatic rings. The molecule has 0 bridgehead atoms. The average Bonchev–Trinajstić information content (AvgIpc) is 2.99. The van der Waals surface area contributed by atoms with Gasteiger partial charge in [0.25, 0.3) is 5.91 Å². The monoisotopic (exact) mass is 331 g/mol. The van der Waals surface area contributed by atoms with Crippen LogP contribution in [0.3, 0.4) is 0 Å². The smallest absolute Gasteiger partial charge is 0.255 e. The maximum atomic E-state index is 12.6. The van der Waals surface area contributed by atoms with Gasteiger partial charge in [0.05, 0.1) is 22.8 Å². The van der Waals surface area contributed by atoms with E-state index in [0.717, 1.165) is 49.3 Å². The number of hydrogen-bond donors (Lipinski definition) is 2. The normalized spacial score (nSPS) is 15.8. The number of ether oxygens (including phenoxy) is 1. The third kappa shape index (κ3) is 3.36. The van der Waals surface area contributed by atoms with E-state index in [1.807, 2.05) is 25.5 Å². The highest BCUT2D eigenvalue weighted by Gasteiger charge is 2.22. The standard InChI is InChI=1S/C17H25N5O2/c1-4-22-16-13(10-19-22)15(21-12-5-7-24-8-6-12)14(9-18-16)17(23)20-11(2)3/h9-12H,4-8H2,1-3H3,(H,18,21)(H,20,23). The van der Waals surface area contributed by atoms with Gasteiger partial charge in [0.15, 0.2) is 5.65 Å². The van der Waals surface area contributed by atoms with Gasteiger partial charge >= 0.3 is 0 Å². The van der Waals surface area contributed by atoms with Crippen LogP contribution in [0.4, 0.5) is 5.69 Å². The number of hydrogen-bond acceptors (Lipinski definition) is 5. The average molecular weight is 331 g/mol. The van der Waals surface area contributed by atoms with Gasteiger partial charge in [-0.25, -0.2) is 9.67 Å². The second-order valence-electron chi connectivity index (χ2n) is 6.40. The summed E-state index contributed by atoms with van der Waals surface area (Å²) >= 11 is 0. The number of aromatic nitrogens is 3. The number of nitrogens with zero attached hydrogens (tertiary/aromatic N) is 3. The summed E-state index contributed by atoms with van der Waals surface area (Å²) in [6.07, 6.45) is 5.29. The highest BCUT2D eigenvalue weighted by atomic mass is 16.5. The van der Waals surface area contributed by atoms with Gasteiger partial charge < -0.3 is 15.4 Å². The maximum absolute atomic E-state index is 12.6. The lowest BCUT2D eigenvalue weighted by Gasteiger charge is -2.25. The number of fused-ring (bicyclic) bond motifs is 1. The third-order valence-corrected chi connectivity index (χ3v) is 4.20. The molecule has 1 fully saturated rings. The number of anilines is 1. The van der Waals surface area contributed by atoms with Crippen molar-refractivity contribution in [2.75, 3.05) is 18.5 Å². The molecule has 7 heteroatoms. The molecule has 130 valence electrons. The largest absolute Gasteiger partial charge is 0.381 e. The Morgan fingerprint density at radius 3 is 2.79 bits per heavy atom. The van der Waals surface area contributed by atoms with Gasteiger partial charge in [-0.05, 0) is 33.6 Å². The first-order valence-electron chi connectivity index (χ1n) is 8.59. The molecule has 0 aromatic carbocycles. The van der Waals surface area contributed by atoms with Crippen LogP contribution in [-0.4, -0.2) is 46.0 Å². The minimum Gasteiger partial charge on any atom is -0.381 e. The number of pyridine rings is 1. The first kappa shape index (κ1) is 16.7. The van der Waals surface area contributed by atoms with Crippen LogP contribution < -0.4 is 10.6 Å². The lowest BCUT2D eigenvalue weighted by Crippen LogP contribution is -2.33. The van der Waals surface area contributed by atoms with Crippen LogP contribution >= 0.6 is 0 Å². The minimum absolute atomic E-state index is 0.0718. The Labute approximate surface area is 141 Å². The summed E-state index contributed by atoms with van der Waals surface area (Å²) < 4.78 is 7.27. The number of aryl methyl sites for hydroxylation is 1. The molecule has 7 nitrogen and oxygen atoms in total. The Bertz CT molecular complexity index is 719. The summed E-state index contributed by atoms with van der Waals surface area (Å²) in [4.78, 5) is 17.1. The predicted octanol–water partition coefficient (Wildman–Crippen LogP) is 2.18. The maximum Gasteiger partial charge on any atom is 0.255 e. The molecule has 3 heterocycles. The van der Waals surface area contributed by atoms with Crippen LogP contribution in [0.25, 0.3) is 11.0 Å². The number of nitrogens with one attached hydrogen (secondary N) is 2. The van der Waals surface area contributed by atoms with E-state index >= 15 is 0 Å². The Balaban J connectivity index is 2.02. The van der Waals surface area contributed by atoms with E-state index in [1.165, 1.54) is 0 Å². The molecule has 1 saturated heterocycles. The topological polar surface area (TPSA) is 81.1 Å². The number of amides is 1. The molecule has 0 saturated carbocycles. The second kappa shape index (κ2) is 7.17. The second-order valence-corrected chi connectivity index (χ2v) is 6.40. The van der Waals surface area contributed by atoms with Crippen LogP contribution in [-0.2, 0) is 11.3 Å². The number of carbonyl (C=O) groups is 1. The third-order valence-electron chi connectivity index (χ3n) is 4.20. The molecule has 1 amide bonds. The molecular formula is C17H25N5O2. The summed E-state index contributed by atoms with van der Waals surface area (Å²) in [5, 5.41) is 11.8. The van der Waals surface area contributed by atoms with Crippen molar-refractivity contribution < 1.29 is 9.53 Å². The molecule has 0 atom stereocenters. The van der Waals surface area contributed by atoms with E-state index in [0.29, 0.717) is 11.6 Å². The molecule has 0 radical (unpaired) electrons. The van der Waals surface area contributed by atoms with Gasteiger partial charge in [0.2, 0.25) is 0 Å². The molecule has 2 aromatic rings. The van der Waals surface area contributed by atoms with Crippen LogP contribution in [0, 0.1) is 0 Å². The van der Waals surface area contributed by atoms with Gasteiger partial charge in [-0.1, -0.05) is 0 Å². The fourth-order valence-electron chi connectivity index (χ4n) is 2.97. The Morgan fingerprint density at radius 1 is 1.38 bits per heavy atom. The van der Waals surface area contributed by atoms with E-state index < -0.39 is 0 Å². The van der Waals surface area contributed by atoms with Gasteiger partial charge in [-0.3, -0.25) is 4.79 Å². The summed E-state index contributed by atoms with van der Waals surface area (Å²) in [5.41, 5.74) is 2.19. The van der Waals surface area contributed by atoms with E-state index in [2.05, 4.69) is 20.7 Å². The first-order valence-corrected chi connectivity index (χ1v) is 8.59. The van der Waals surface area contributed by atoms with Gasteiger partial charge in [-0.2, -0.15) is 5.10 Å². The summed E-state index contributed by atoms with van der Waals surface area (Å²) in [5.74, 6) is -0.113. The predicted molar refractivity (Wildman–Crippen MR) is 93.3 cm³/mol. The quantitative estimate of drug-likeness (QED) is 0.878. The number of rotatable bonds is 5. The number of carbonyl (C=O) groups excluding carboxylic acids is 1. The lowest BCUT2D eigenvalue weighted by atomic mass is 10.1. The fourth-order valence-corrected chi connectivity index (χ4v) is 2.97. The lowest BCUT2D eigenvalue weighted by molar-refractivity contribution is 0.0903. The van der Waals surface area contributed by atoms with Crippen LogP contribution in [0.2, 0.25) is 0 Å². The summed E-state index contributed by atoms with van der Waals surface area (Å²) in [6.45, 7) is 8.15. The van der Waals surface area contributed by atoms with Crippen molar-refractivity contribution in [3.05, 3.63) is 18.0 Å². The Hall–Kier alpha value is -2.15. The zero-order valence-electron chi connectivity index (χ0n) is 14.5.